The Morgan fingerprint density at radius 2 is 1.85 bits per heavy atom. The maximum atomic E-state index is 11.5. The lowest BCUT2D eigenvalue weighted by Gasteiger charge is -2.35. The van der Waals surface area contributed by atoms with Crippen molar-refractivity contribution >= 4 is 17.3 Å². The largest absolute Gasteiger partial charge is 0.396 e. The Bertz CT molecular complexity index is 453. The summed E-state index contributed by atoms with van der Waals surface area (Å²) in [5.74, 6) is 0.0469. The number of hydrogen-bond acceptors (Lipinski definition) is 3. The van der Waals surface area contributed by atoms with Crippen LogP contribution in [-0.4, -0.2) is 18.5 Å². The van der Waals surface area contributed by atoms with Crippen molar-refractivity contribution in [2.24, 2.45) is 11.7 Å². The smallest absolute Gasteiger partial charge is 0.250 e. The van der Waals surface area contributed by atoms with Crippen molar-refractivity contribution in [2.75, 3.05) is 17.2 Å². The molecule has 0 aliphatic rings. The quantitative estimate of drug-likeness (QED) is 0.752. The molecule has 1 amide bonds. The van der Waals surface area contributed by atoms with Gasteiger partial charge >= 0.3 is 0 Å². The Kier molecular flexibility index (Phi) is 5.86. The van der Waals surface area contributed by atoms with E-state index in [1.165, 1.54) is 0 Å². The summed E-state index contributed by atoms with van der Waals surface area (Å²) in [7, 11) is 0. The SMILES string of the molecule is CCC(CC)N(CC(C)C)c1cccc(C(N)=O)c1N. The number of rotatable bonds is 7. The molecule has 4 nitrogen and oxygen atoms in total. The number of nitrogens with two attached hydrogens (primary N) is 2. The zero-order valence-corrected chi connectivity index (χ0v) is 13.0. The molecule has 4 N–H and O–H groups in total. The maximum Gasteiger partial charge on any atom is 0.250 e. The van der Waals surface area contributed by atoms with Crippen molar-refractivity contribution in [3.63, 3.8) is 0 Å². The van der Waals surface area contributed by atoms with Gasteiger partial charge in [-0.2, -0.15) is 0 Å². The molecule has 1 aromatic rings. The zero-order valence-electron chi connectivity index (χ0n) is 13.0. The van der Waals surface area contributed by atoms with Crippen LogP contribution in [0.1, 0.15) is 50.9 Å². The third-order valence-corrected chi connectivity index (χ3v) is 3.60. The first-order valence-corrected chi connectivity index (χ1v) is 7.37. The normalized spacial score (nSPS) is 11.1. The Balaban J connectivity index is 3.26. The van der Waals surface area contributed by atoms with Crippen molar-refractivity contribution in [1.82, 2.24) is 0 Å². The average molecular weight is 277 g/mol. The van der Waals surface area contributed by atoms with Crippen LogP contribution in [0.2, 0.25) is 0 Å². The molecule has 0 heterocycles. The first-order chi connectivity index (χ1) is 9.42. The zero-order chi connectivity index (χ0) is 15.3. The number of amides is 1. The van der Waals surface area contributed by atoms with E-state index in [-0.39, 0.29) is 0 Å². The number of para-hydroxylation sites is 1. The number of nitrogen functional groups attached to an aromatic ring is 1. The van der Waals surface area contributed by atoms with Crippen LogP contribution in [0.4, 0.5) is 11.4 Å². The lowest BCUT2D eigenvalue weighted by molar-refractivity contribution is 0.100. The highest BCUT2D eigenvalue weighted by molar-refractivity contribution is 6.00. The first-order valence-electron chi connectivity index (χ1n) is 7.37. The minimum Gasteiger partial charge on any atom is -0.396 e. The summed E-state index contributed by atoms with van der Waals surface area (Å²) in [6, 6.07) is 5.92. The van der Waals surface area contributed by atoms with Gasteiger partial charge in [-0.1, -0.05) is 33.8 Å². The molecule has 20 heavy (non-hydrogen) atoms. The summed E-state index contributed by atoms with van der Waals surface area (Å²) >= 11 is 0. The van der Waals surface area contributed by atoms with Crippen LogP contribution in [0, 0.1) is 5.92 Å². The molecule has 0 aromatic heterocycles. The molecule has 112 valence electrons. The fourth-order valence-corrected chi connectivity index (χ4v) is 2.59. The van der Waals surface area contributed by atoms with Crippen molar-refractivity contribution < 1.29 is 4.79 Å². The Hall–Kier alpha value is -1.71. The van der Waals surface area contributed by atoms with Gasteiger partial charge in [0.1, 0.15) is 0 Å². The molecule has 0 bridgehead atoms. The van der Waals surface area contributed by atoms with E-state index in [1.54, 1.807) is 6.07 Å². The lowest BCUT2D eigenvalue weighted by atomic mass is 10.0. The van der Waals surface area contributed by atoms with Gasteiger partial charge in [0.2, 0.25) is 0 Å². The summed E-state index contributed by atoms with van der Waals surface area (Å²) in [6.45, 7) is 9.64. The van der Waals surface area contributed by atoms with Crippen molar-refractivity contribution in [1.29, 1.82) is 0 Å². The molecule has 0 aliphatic carbocycles. The second-order valence-corrected chi connectivity index (χ2v) is 5.62. The van der Waals surface area contributed by atoms with Crippen LogP contribution in [0.5, 0.6) is 0 Å². The fraction of sp³-hybridized carbons (Fsp3) is 0.562. The summed E-state index contributed by atoms with van der Waals surface area (Å²) in [5, 5.41) is 0. The van der Waals surface area contributed by atoms with E-state index in [2.05, 4.69) is 32.6 Å². The number of primary amides is 1. The topological polar surface area (TPSA) is 72.3 Å². The fourth-order valence-electron chi connectivity index (χ4n) is 2.59. The number of benzene rings is 1. The highest BCUT2D eigenvalue weighted by atomic mass is 16.1. The number of carbonyl (C=O) groups is 1. The first kappa shape index (κ1) is 16.3. The number of hydrogen-bond donors (Lipinski definition) is 2. The van der Waals surface area contributed by atoms with E-state index in [4.69, 9.17) is 11.5 Å². The van der Waals surface area contributed by atoms with Gasteiger partial charge in [-0.3, -0.25) is 4.79 Å². The molecule has 0 unspecified atom stereocenters. The lowest BCUT2D eigenvalue weighted by Crippen LogP contribution is -2.38. The predicted molar refractivity (Wildman–Crippen MR) is 85.9 cm³/mol. The summed E-state index contributed by atoms with van der Waals surface area (Å²) < 4.78 is 0. The highest BCUT2D eigenvalue weighted by Crippen LogP contribution is 2.30. The minimum atomic E-state index is -0.474. The van der Waals surface area contributed by atoms with E-state index >= 15 is 0 Å². The van der Waals surface area contributed by atoms with E-state index < -0.39 is 5.91 Å². The third-order valence-electron chi connectivity index (χ3n) is 3.60. The molecular formula is C16H27N3O. The molecule has 0 saturated carbocycles. The molecular weight excluding hydrogens is 250 g/mol. The van der Waals surface area contributed by atoms with Crippen LogP contribution in [0.25, 0.3) is 0 Å². The molecule has 4 heteroatoms. The molecule has 0 saturated heterocycles. The summed E-state index contributed by atoms with van der Waals surface area (Å²) in [5.41, 5.74) is 13.4. The van der Waals surface area contributed by atoms with Crippen molar-refractivity contribution in [2.45, 2.75) is 46.6 Å². The molecule has 1 rings (SSSR count). The van der Waals surface area contributed by atoms with Crippen molar-refractivity contribution in [3.8, 4) is 0 Å². The molecule has 1 aromatic carbocycles. The van der Waals surface area contributed by atoms with Gasteiger partial charge in [0.05, 0.1) is 16.9 Å². The number of anilines is 2. The van der Waals surface area contributed by atoms with Gasteiger partial charge in [0.25, 0.3) is 5.91 Å². The minimum absolute atomic E-state index is 0.405. The second-order valence-electron chi connectivity index (χ2n) is 5.62. The Morgan fingerprint density at radius 1 is 1.25 bits per heavy atom. The van der Waals surface area contributed by atoms with Crippen molar-refractivity contribution in [3.05, 3.63) is 23.8 Å². The van der Waals surface area contributed by atoms with Crippen LogP contribution >= 0.6 is 0 Å². The molecule has 0 fully saturated rings. The standard InChI is InChI=1S/C16H27N3O/c1-5-12(6-2)19(10-11(3)4)14-9-7-8-13(15(14)17)16(18)20/h7-9,11-12H,5-6,10,17H2,1-4H3,(H2,18,20). The van der Waals surface area contributed by atoms with Crippen LogP contribution in [0.3, 0.4) is 0 Å². The van der Waals surface area contributed by atoms with Gasteiger partial charge in [0.15, 0.2) is 0 Å². The van der Waals surface area contributed by atoms with E-state index in [9.17, 15) is 4.79 Å². The molecule has 0 atom stereocenters. The van der Waals surface area contributed by atoms with Crippen LogP contribution < -0.4 is 16.4 Å². The van der Waals surface area contributed by atoms with E-state index in [0.717, 1.165) is 25.1 Å². The summed E-state index contributed by atoms with van der Waals surface area (Å²) in [6.07, 6.45) is 2.09. The molecule has 0 radical (unpaired) electrons. The van der Waals surface area contributed by atoms with Crippen LogP contribution in [0.15, 0.2) is 18.2 Å². The van der Waals surface area contributed by atoms with Crippen LogP contribution in [-0.2, 0) is 0 Å². The third kappa shape index (κ3) is 3.65. The summed E-state index contributed by atoms with van der Waals surface area (Å²) in [4.78, 5) is 13.8. The van der Waals surface area contributed by atoms with Gasteiger partial charge in [-0.05, 0) is 30.9 Å². The van der Waals surface area contributed by atoms with Gasteiger partial charge in [-0.15, -0.1) is 0 Å². The highest BCUT2D eigenvalue weighted by Gasteiger charge is 2.21. The van der Waals surface area contributed by atoms with E-state index in [1.807, 2.05) is 12.1 Å². The average Bonchev–Trinajstić information content (AvgIpc) is 2.38. The number of nitrogens with zero attached hydrogens (tertiary/aromatic N) is 1. The Labute approximate surface area is 122 Å². The molecule has 0 spiro atoms. The predicted octanol–water partition coefficient (Wildman–Crippen LogP) is 3.02. The monoisotopic (exact) mass is 277 g/mol. The van der Waals surface area contributed by atoms with E-state index in [0.29, 0.717) is 23.2 Å². The van der Waals surface area contributed by atoms with Gasteiger partial charge in [-0.25, -0.2) is 0 Å². The number of carbonyl (C=O) groups excluding carboxylic acids is 1. The maximum absolute atomic E-state index is 11.5. The second kappa shape index (κ2) is 7.17. The van der Waals surface area contributed by atoms with Gasteiger partial charge in [0, 0.05) is 12.6 Å². The molecule has 0 aliphatic heterocycles. The Morgan fingerprint density at radius 3 is 2.30 bits per heavy atom. The van der Waals surface area contributed by atoms with Gasteiger partial charge < -0.3 is 16.4 Å².